The lowest BCUT2D eigenvalue weighted by Gasteiger charge is -2.06. The topological polar surface area (TPSA) is 80.9 Å². The van der Waals surface area contributed by atoms with Crippen molar-refractivity contribution >= 4 is 11.8 Å². The first-order chi connectivity index (χ1) is 14.1. The summed E-state index contributed by atoms with van der Waals surface area (Å²) in [5.74, 6) is -1.84. The van der Waals surface area contributed by atoms with Crippen molar-refractivity contribution in [1.82, 2.24) is 15.1 Å². The lowest BCUT2D eigenvalue weighted by molar-refractivity contribution is -0.115. The highest BCUT2D eigenvalue weighted by molar-refractivity contribution is 5.97. The first-order valence-electron chi connectivity index (χ1n) is 8.67. The zero-order valence-corrected chi connectivity index (χ0v) is 15.0. The average Bonchev–Trinajstić information content (AvgIpc) is 3.12. The zero-order valence-electron chi connectivity index (χ0n) is 15.0. The molecule has 0 fully saturated rings. The monoisotopic (exact) mass is 392 g/mol. The number of amides is 1. The summed E-state index contributed by atoms with van der Waals surface area (Å²) in [5, 5.41) is 6.55. The minimum absolute atomic E-state index is 0.0170. The summed E-state index contributed by atoms with van der Waals surface area (Å²) < 4.78 is 33.0. The molecule has 8 heteroatoms. The van der Waals surface area contributed by atoms with Gasteiger partial charge in [0.05, 0.1) is 17.7 Å². The molecule has 2 aromatic heterocycles. The summed E-state index contributed by atoms with van der Waals surface area (Å²) in [6.45, 7) is 0. The molecular formula is C21H14F2N4O2. The van der Waals surface area contributed by atoms with Crippen LogP contribution in [0.4, 0.5) is 14.7 Å². The minimum Gasteiger partial charge on any atom is -0.337 e. The van der Waals surface area contributed by atoms with E-state index < -0.39 is 11.6 Å². The second-order valence-electron chi connectivity index (χ2n) is 6.16. The van der Waals surface area contributed by atoms with Crippen molar-refractivity contribution in [1.29, 1.82) is 0 Å². The van der Waals surface area contributed by atoms with E-state index in [4.69, 9.17) is 4.52 Å². The van der Waals surface area contributed by atoms with Crippen molar-refractivity contribution in [3.8, 4) is 22.5 Å². The molecule has 0 bridgehead atoms. The Kier molecular flexibility index (Phi) is 5.07. The molecule has 1 N–H and O–H groups in total. The molecule has 0 unspecified atom stereocenters. The Morgan fingerprint density at radius 2 is 1.90 bits per heavy atom. The van der Waals surface area contributed by atoms with Gasteiger partial charge in [-0.25, -0.2) is 18.7 Å². The molecule has 0 spiro atoms. The number of halogens is 2. The van der Waals surface area contributed by atoms with E-state index in [2.05, 4.69) is 20.4 Å². The molecular weight excluding hydrogens is 378 g/mol. The summed E-state index contributed by atoms with van der Waals surface area (Å²) in [6.07, 6.45) is 2.92. The lowest BCUT2D eigenvalue weighted by Crippen LogP contribution is -2.14. The largest absolute Gasteiger partial charge is 0.337 e. The van der Waals surface area contributed by atoms with Gasteiger partial charge in [0.25, 0.3) is 0 Å². The Morgan fingerprint density at radius 1 is 1.07 bits per heavy atom. The van der Waals surface area contributed by atoms with E-state index in [1.165, 1.54) is 18.6 Å². The fourth-order valence-corrected chi connectivity index (χ4v) is 2.87. The van der Waals surface area contributed by atoms with Crippen LogP contribution in [0.1, 0.15) is 5.56 Å². The van der Waals surface area contributed by atoms with Crippen LogP contribution in [0.25, 0.3) is 22.5 Å². The Balaban J connectivity index is 1.73. The van der Waals surface area contributed by atoms with Gasteiger partial charge in [-0.3, -0.25) is 10.1 Å². The highest BCUT2D eigenvalue weighted by Crippen LogP contribution is 2.37. The molecule has 1 amide bonds. The molecule has 0 radical (unpaired) electrons. The summed E-state index contributed by atoms with van der Waals surface area (Å²) in [7, 11) is 0. The second-order valence-corrected chi connectivity index (χ2v) is 6.16. The first kappa shape index (κ1) is 18.4. The number of hydrogen-bond donors (Lipinski definition) is 1. The molecule has 4 rings (SSSR count). The predicted octanol–water partition coefficient (Wildman–Crippen LogP) is 4.26. The third-order valence-corrected chi connectivity index (χ3v) is 4.18. The number of nitrogens with zero attached hydrogens (tertiary/aromatic N) is 3. The fourth-order valence-electron chi connectivity index (χ4n) is 2.87. The molecule has 0 aliphatic carbocycles. The van der Waals surface area contributed by atoms with E-state index in [0.29, 0.717) is 5.69 Å². The highest BCUT2D eigenvalue weighted by Gasteiger charge is 2.24. The van der Waals surface area contributed by atoms with Gasteiger partial charge in [0.1, 0.15) is 23.7 Å². The first-order valence-corrected chi connectivity index (χ1v) is 8.67. The maximum absolute atomic E-state index is 14.3. The van der Waals surface area contributed by atoms with Crippen molar-refractivity contribution < 1.29 is 18.1 Å². The van der Waals surface area contributed by atoms with E-state index in [0.717, 1.165) is 17.7 Å². The van der Waals surface area contributed by atoms with Crippen LogP contribution in [0.5, 0.6) is 0 Å². The van der Waals surface area contributed by atoms with Crippen LogP contribution < -0.4 is 5.32 Å². The Morgan fingerprint density at radius 3 is 2.62 bits per heavy atom. The third kappa shape index (κ3) is 4.01. The van der Waals surface area contributed by atoms with Gasteiger partial charge < -0.3 is 4.52 Å². The zero-order chi connectivity index (χ0) is 20.2. The summed E-state index contributed by atoms with van der Waals surface area (Å²) >= 11 is 0. The Labute approximate surface area is 164 Å². The van der Waals surface area contributed by atoms with E-state index in [-0.39, 0.29) is 35.0 Å². The van der Waals surface area contributed by atoms with Crippen molar-refractivity contribution in [2.75, 3.05) is 5.32 Å². The molecule has 0 aliphatic rings. The summed E-state index contributed by atoms with van der Waals surface area (Å²) in [6, 6.07) is 13.9. The predicted molar refractivity (Wildman–Crippen MR) is 102 cm³/mol. The number of benzene rings is 2. The lowest BCUT2D eigenvalue weighted by atomic mass is 10.0. The average molecular weight is 392 g/mol. The number of carbonyl (C=O) groups is 1. The van der Waals surface area contributed by atoms with E-state index in [1.807, 2.05) is 30.3 Å². The maximum atomic E-state index is 14.3. The number of aromatic nitrogens is 3. The summed E-state index contributed by atoms with van der Waals surface area (Å²) in [4.78, 5) is 20.5. The van der Waals surface area contributed by atoms with Crippen molar-refractivity contribution in [2.24, 2.45) is 0 Å². The van der Waals surface area contributed by atoms with Crippen molar-refractivity contribution in [2.45, 2.75) is 6.42 Å². The SMILES string of the molecule is O=C(Cc1ccccc1)Nc1onc(-c2ccc(F)cc2F)c1-c1ccncn1. The quantitative estimate of drug-likeness (QED) is 0.549. The van der Waals surface area contributed by atoms with Gasteiger partial charge in [0.15, 0.2) is 0 Å². The number of anilines is 1. The van der Waals surface area contributed by atoms with E-state index >= 15 is 0 Å². The molecule has 2 heterocycles. The Hall–Kier alpha value is -3.94. The van der Waals surface area contributed by atoms with Gasteiger partial charge in [-0.1, -0.05) is 35.5 Å². The van der Waals surface area contributed by atoms with Gasteiger partial charge in [-0.15, -0.1) is 0 Å². The summed E-state index contributed by atoms with van der Waals surface area (Å²) in [5.41, 5.74) is 1.58. The van der Waals surface area contributed by atoms with E-state index in [9.17, 15) is 13.6 Å². The van der Waals surface area contributed by atoms with Crippen molar-refractivity contribution in [3.05, 3.63) is 84.3 Å². The molecule has 2 aromatic carbocycles. The van der Waals surface area contributed by atoms with Crippen LogP contribution >= 0.6 is 0 Å². The van der Waals surface area contributed by atoms with Crippen LogP contribution in [-0.2, 0) is 11.2 Å². The maximum Gasteiger partial charge on any atom is 0.241 e. The van der Waals surface area contributed by atoms with Crippen LogP contribution in [0.3, 0.4) is 0 Å². The van der Waals surface area contributed by atoms with Gasteiger partial charge in [0.2, 0.25) is 11.8 Å². The number of rotatable bonds is 5. The van der Waals surface area contributed by atoms with Gasteiger partial charge in [-0.2, -0.15) is 0 Å². The normalized spacial score (nSPS) is 10.7. The molecule has 0 saturated heterocycles. The molecule has 29 heavy (non-hydrogen) atoms. The van der Waals surface area contributed by atoms with Gasteiger partial charge in [0, 0.05) is 17.8 Å². The van der Waals surface area contributed by atoms with Crippen LogP contribution in [0.2, 0.25) is 0 Å². The molecule has 144 valence electrons. The Bertz CT molecular complexity index is 1150. The molecule has 0 atom stereocenters. The standard InChI is InChI=1S/C21H14F2N4O2/c22-14-6-7-15(16(23)11-14)20-19(17-8-9-24-12-25-17)21(29-27-20)26-18(28)10-13-4-2-1-3-5-13/h1-9,11-12H,10H2,(H,26,28). The minimum atomic E-state index is -0.809. The third-order valence-electron chi connectivity index (χ3n) is 4.18. The molecule has 0 aliphatic heterocycles. The molecule has 0 saturated carbocycles. The number of carbonyl (C=O) groups excluding carboxylic acids is 1. The second kappa shape index (κ2) is 7.97. The molecule has 6 nitrogen and oxygen atoms in total. The van der Waals surface area contributed by atoms with Gasteiger partial charge in [-0.05, 0) is 23.8 Å². The molecule has 4 aromatic rings. The smallest absolute Gasteiger partial charge is 0.241 e. The highest BCUT2D eigenvalue weighted by atomic mass is 19.1. The number of hydrogen-bond acceptors (Lipinski definition) is 5. The number of nitrogens with one attached hydrogen (secondary N) is 1. The van der Waals surface area contributed by atoms with Crippen molar-refractivity contribution in [3.63, 3.8) is 0 Å². The van der Waals surface area contributed by atoms with Crippen LogP contribution in [-0.4, -0.2) is 21.0 Å². The van der Waals surface area contributed by atoms with E-state index in [1.54, 1.807) is 6.07 Å². The fraction of sp³-hybridized carbons (Fsp3) is 0.0476. The van der Waals surface area contributed by atoms with Crippen LogP contribution in [0.15, 0.2) is 71.6 Å². The van der Waals surface area contributed by atoms with Gasteiger partial charge >= 0.3 is 0 Å². The van der Waals surface area contributed by atoms with Crippen LogP contribution in [0, 0.1) is 11.6 Å².